The van der Waals surface area contributed by atoms with Crippen LogP contribution in [0.5, 0.6) is 0 Å². The molecule has 0 unspecified atom stereocenters. The number of thiophene rings is 1. The van der Waals surface area contributed by atoms with Crippen LogP contribution in [0, 0.1) is 6.92 Å². The number of aryl methyl sites for hydroxylation is 1. The van der Waals surface area contributed by atoms with E-state index in [1.54, 1.807) is 11.3 Å². The monoisotopic (exact) mass is 505 g/mol. The summed E-state index contributed by atoms with van der Waals surface area (Å²) in [6, 6.07) is 15.0. The van der Waals surface area contributed by atoms with Gasteiger partial charge in [0.2, 0.25) is 0 Å². The van der Waals surface area contributed by atoms with Crippen molar-refractivity contribution in [2.24, 2.45) is 0 Å². The van der Waals surface area contributed by atoms with Crippen molar-refractivity contribution in [3.8, 4) is 33.1 Å². The molecule has 0 radical (unpaired) electrons. The van der Waals surface area contributed by atoms with Gasteiger partial charge in [0.05, 0.1) is 5.52 Å². The third kappa shape index (κ3) is 4.22. The lowest BCUT2D eigenvalue weighted by atomic mass is 10.0. The van der Waals surface area contributed by atoms with Gasteiger partial charge in [-0.05, 0) is 80.4 Å². The summed E-state index contributed by atoms with van der Waals surface area (Å²) in [6.07, 6.45) is 9.70. The molecule has 5 aromatic heterocycles. The number of nitrogens with zero attached hydrogens (tertiary/aromatic N) is 5. The van der Waals surface area contributed by atoms with Crippen molar-refractivity contribution in [2.45, 2.75) is 32.7 Å². The summed E-state index contributed by atoms with van der Waals surface area (Å²) in [5.41, 5.74) is 7.97. The molecule has 6 heterocycles. The topological polar surface area (TPSA) is 86.4 Å². The average molecular weight is 506 g/mol. The zero-order valence-corrected chi connectivity index (χ0v) is 21.5. The van der Waals surface area contributed by atoms with Gasteiger partial charge in [-0.3, -0.25) is 15.0 Å². The third-order valence-corrected chi connectivity index (χ3v) is 8.19. The van der Waals surface area contributed by atoms with E-state index >= 15 is 0 Å². The van der Waals surface area contributed by atoms with Gasteiger partial charge in [0.15, 0.2) is 11.5 Å². The Bertz CT molecular complexity index is 1720. The molecule has 0 bridgehead atoms. The number of piperidine rings is 1. The van der Waals surface area contributed by atoms with E-state index in [9.17, 15) is 0 Å². The number of imidazole rings is 1. The Labute approximate surface area is 218 Å². The van der Waals surface area contributed by atoms with E-state index in [-0.39, 0.29) is 0 Å². The summed E-state index contributed by atoms with van der Waals surface area (Å²) >= 11 is 1.76. The molecule has 2 N–H and O–H groups in total. The van der Waals surface area contributed by atoms with Crippen LogP contribution in [-0.4, -0.2) is 48.1 Å². The fourth-order valence-electron chi connectivity index (χ4n) is 5.28. The number of rotatable bonds is 5. The van der Waals surface area contributed by atoms with Crippen molar-refractivity contribution in [3.63, 3.8) is 0 Å². The molecule has 1 fully saturated rings. The minimum Gasteiger partial charge on any atom is -0.321 e. The number of nitrogens with one attached hydrogen (secondary N) is 2. The maximum Gasteiger partial charge on any atom is 0.160 e. The number of likely N-dealkylation sites (tertiary alicyclic amines) is 1. The summed E-state index contributed by atoms with van der Waals surface area (Å²) in [5, 5.41) is 8.82. The Kier molecular flexibility index (Phi) is 5.56. The van der Waals surface area contributed by atoms with Crippen LogP contribution in [0.25, 0.3) is 55.2 Å². The molecule has 0 aliphatic carbocycles. The van der Waals surface area contributed by atoms with Crippen molar-refractivity contribution in [1.82, 2.24) is 35.0 Å². The van der Waals surface area contributed by atoms with E-state index in [1.165, 1.54) is 47.7 Å². The van der Waals surface area contributed by atoms with Gasteiger partial charge in [-0.15, -0.1) is 11.3 Å². The largest absolute Gasteiger partial charge is 0.321 e. The summed E-state index contributed by atoms with van der Waals surface area (Å²) in [6.45, 7) is 5.43. The van der Waals surface area contributed by atoms with Crippen molar-refractivity contribution in [2.75, 3.05) is 13.1 Å². The minimum absolute atomic E-state index is 0.712. The Morgan fingerprint density at radius 1 is 0.973 bits per heavy atom. The molecule has 1 aliphatic rings. The summed E-state index contributed by atoms with van der Waals surface area (Å²) in [4.78, 5) is 22.5. The number of benzene rings is 1. The lowest BCUT2D eigenvalue weighted by molar-refractivity contribution is 0.220. The van der Waals surface area contributed by atoms with E-state index in [1.807, 2.05) is 24.7 Å². The molecule has 0 saturated carbocycles. The van der Waals surface area contributed by atoms with Crippen LogP contribution in [0.4, 0.5) is 0 Å². The number of hydrogen-bond acceptors (Lipinski definition) is 6. The highest BCUT2D eigenvalue weighted by atomic mass is 32.1. The molecule has 7 rings (SSSR count). The number of fused-ring (bicyclic) bond motifs is 2. The van der Waals surface area contributed by atoms with Crippen LogP contribution in [0.15, 0.2) is 61.1 Å². The van der Waals surface area contributed by atoms with E-state index in [0.29, 0.717) is 5.82 Å². The Balaban J connectivity index is 1.26. The van der Waals surface area contributed by atoms with Crippen molar-refractivity contribution >= 4 is 33.4 Å². The van der Waals surface area contributed by atoms with Crippen LogP contribution < -0.4 is 0 Å². The van der Waals surface area contributed by atoms with Gasteiger partial charge in [-0.2, -0.15) is 5.10 Å². The average Bonchev–Trinajstić information content (AvgIpc) is 3.66. The molecule has 0 atom stereocenters. The van der Waals surface area contributed by atoms with Gasteiger partial charge in [-0.25, -0.2) is 9.97 Å². The first-order chi connectivity index (χ1) is 18.2. The first kappa shape index (κ1) is 22.3. The van der Waals surface area contributed by atoms with Crippen molar-refractivity contribution in [3.05, 3.63) is 71.5 Å². The summed E-state index contributed by atoms with van der Waals surface area (Å²) < 4.78 is 0. The van der Waals surface area contributed by atoms with Gasteiger partial charge in [0, 0.05) is 51.4 Å². The van der Waals surface area contributed by atoms with Gasteiger partial charge in [-0.1, -0.05) is 12.5 Å². The highest BCUT2D eigenvalue weighted by Gasteiger charge is 2.17. The van der Waals surface area contributed by atoms with Crippen molar-refractivity contribution in [1.29, 1.82) is 0 Å². The van der Waals surface area contributed by atoms with Crippen LogP contribution in [0.2, 0.25) is 0 Å². The van der Waals surface area contributed by atoms with E-state index in [2.05, 4.69) is 73.4 Å². The highest BCUT2D eigenvalue weighted by molar-refractivity contribution is 7.15. The smallest absolute Gasteiger partial charge is 0.160 e. The quantitative estimate of drug-likeness (QED) is 0.276. The maximum absolute atomic E-state index is 4.96. The zero-order valence-electron chi connectivity index (χ0n) is 20.7. The second-order valence-corrected chi connectivity index (χ2v) is 11.1. The molecule has 8 heteroatoms. The molecule has 37 heavy (non-hydrogen) atoms. The summed E-state index contributed by atoms with van der Waals surface area (Å²) in [5.74, 6) is 0.712. The molecule has 6 aromatic rings. The van der Waals surface area contributed by atoms with Gasteiger partial charge >= 0.3 is 0 Å². The molecule has 1 saturated heterocycles. The Hall–Kier alpha value is -3.88. The van der Waals surface area contributed by atoms with Gasteiger partial charge < -0.3 is 4.98 Å². The fraction of sp³-hybridized carbons (Fsp3) is 0.241. The lowest BCUT2D eigenvalue weighted by Gasteiger charge is -2.26. The predicted molar refractivity (Wildman–Crippen MR) is 149 cm³/mol. The van der Waals surface area contributed by atoms with Gasteiger partial charge in [0.1, 0.15) is 11.2 Å². The number of pyridine rings is 2. The van der Waals surface area contributed by atoms with E-state index in [0.717, 1.165) is 51.0 Å². The van der Waals surface area contributed by atoms with Gasteiger partial charge in [0.25, 0.3) is 0 Å². The lowest BCUT2D eigenvalue weighted by Crippen LogP contribution is -2.29. The van der Waals surface area contributed by atoms with Crippen molar-refractivity contribution < 1.29 is 0 Å². The fourth-order valence-corrected chi connectivity index (χ4v) is 6.18. The molecule has 7 nitrogen and oxygen atoms in total. The molecule has 0 amide bonds. The molecule has 1 aromatic carbocycles. The molecular formula is C29H27N7S. The number of H-pyrrole nitrogens is 2. The molecule has 1 aliphatic heterocycles. The Morgan fingerprint density at radius 3 is 2.76 bits per heavy atom. The van der Waals surface area contributed by atoms with Crippen LogP contribution in [-0.2, 0) is 6.54 Å². The van der Waals surface area contributed by atoms with Crippen LogP contribution >= 0.6 is 11.3 Å². The number of hydrogen-bond donors (Lipinski definition) is 2. The van der Waals surface area contributed by atoms with Crippen LogP contribution in [0.3, 0.4) is 0 Å². The normalized spacial score (nSPS) is 14.6. The standard InChI is InChI=1S/C29H27N7S/c1-18-5-8-25(37-18)22-9-10-31-28-26(22)32-29(33-28)27-23-14-20(6-7-24(23)34-35-27)21-13-19(15-30-16-21)17-36-11-3-2-4-12-36/h5-10,13-16H,2-4,11-12,17H2,1H3,(H,34,35)(H,31,32,33). The second-order valence-electron chi connectivity index (χ2n) is 9.80. The van der Waals surface area contributed by atoms with E-state index < -0.39 is 0 Å². The van der Waals surface area contributed by atoms with E-state index in [4.69, 9.17) is 4.98 Å². The Morgan fingerprint density at radius 2 is 1.89 bits per heavy atom. The minimum atomic E-state index is 0.712. The SMILES string of the molecule is Cc1ccc(-c2ccnc3[nH]c(-c4n[nH]c5ccc(-c6cncc(CN7CCCCC7)c6)cc45)nc23)s1. The first-order valence-electron chi connectivity index (χ1n) is 12.8. The predicted octanol–water partition coefficient (Wildman–Crippen LogP) is 6.59. The van der Waals surface area contributed by atoms with Crippen LogP contribution in [0.1, 0.15) is 29.7 Å². The third-order valence-electron chi connectivity index (χ3n) is 7.16. The second kappa shape index (κ2) is 9.21. The first-order valence-corrected chi connectivity index (χ1v) is 13.6. The molecule has 0 spiro atoms. The number of aromatic amines is 2. The summed E-state index contributed by atoms with van der Waals surface area (Å²) in [7, 11) is 0. The highest BCUT2D eigenvalue weighted by Crippen LogP contribution is 2.35. The zero-order chi connectivity index (χ0) is 24.8. The maximum atomic E-state index is 4.96. The molecular weight excluding hydrogens is 478 g/mol. The molecule has 184 valence electrons. The number of aromatic nitrogens is 6.